The number of amides is 3. The minimum Gasteiger partial charge on any atom is -0.324 e. The maximum Gasteiger partial charge on any atom is 0.250 e. The SMILES string of the molecule is Cc1cccc(N2C(=O)C3C4CCCN4C4(C(=O)Nc5c(C)cc(C)cc54)C3C2=O)c1. The largest absolute Gasteiger partial charge is 0.324 e. The lowest BCUT2D eigenvalue weighted by Crippen LogP contribution is -2.54. The monoisotopic (exact) mass is 415 g/mol. The van der Waals surface area contributed by atoms with E-state index in [1.807, 2.05) is 51.1 Å². The van der Waals surface area contributed by atoms with Gasteiger partial charge in [0, 0.05) is 17.3 Å². The molecule has 31 heavy (non-hydrogen) atoms. The van der Waals surface area contributed by atoms with Crippen molar-refractivity contribution in [2.45, 2.75) is 45.2 Å². The Kier molecular flexibility index (Phi) is 3.65. The van der Waals surface area contributed by atoms with Crippen LogP contribution < -0.4 is 10.2 Å². The molecule has 2 aromatic rings. The van der Waals surface area contributed by atoms with Gasteiger partial charge < -0.3 is 5.32 Å². The second kappa shape index (κ2) is 6.04. The van der Waals surface area contributed by atoms with Gasteiger partial charge in [0.15, 0.2) is 0 Å². The van der Waals surface area contributed by atoms with Gasteiger partial charge in [0.05, 0.1) is 17.5 Å². The van der Waals surface area contributed by atoms with Crippen LogP contribution in [0.25, 0.3) is 0 Å². The molecule has 4 unspecified atom stereocenters. The minimum atomic E-state index is -1.11. The van der Waals surface area contributed by atoms with Crippen LogP contribution in [0.2, 0.25) is 0 Å². The van der Waals surface area contributed by atoms with Crippen LogP contribution in [0.5, 0.6) is 0 Å². The lowest BCUT2D eigenvalue weighted by molar-refractivity contribution is -0.135. The fourth-order valence-electron chi connectivity index (χ4n) is 6.68. The predicted octanol–water partition coefficient (Wildman–Crippen LogP) is 3.04. The van der Waals surface area contributed by atoms with Crippen molar-refractivity contribution in [2.24, 2.45) is 11.8 Å². The summed E-state index contributed by atoms with van der Waals surface area (Å²) < 4.78 is 0. The van der Waals surface area contributed by atoms with E-state index in [-0.39, 0.29) is 23.8 Å². The van der Waals surface area contributed by atoms with E-state index in [9.17, 15) is 14.4 Å². The topological polar surface area (TPSA) is 69.7 Å². The maximum absolute atomic E-state index is 13.9. The third kappa shape index (κ3) is 2.13. The molecule has 0 aromatic heterocycles. The molecular weight excluding hydrogens is 390 g/mol. The average molecular weight is 415 g/mol. The first-order valence-corrected chi connectivity index (χ1v) is 11.0. The Bertz CT molecular complexity index is 1190. The van der Waals surface area contributed by atoms with Crippen molar-refractivity contribution in [3.8, 4) is 0 Å². The molecule has 4 heterocycles. The van der Waals surface area contributed by atoms with Crippen LogP contribution in [-0.2, 0) is 19.9 Å². The fraction of sp³-hybridized carbons (Fsp3) is 0.400. The Hall–Kier alpha value is -2.99. The Balaban J connectivity index is 1.58. The van der Waals surface area contributed by atoms with Crippen LogP contribution in [-0.4, -0.2) is 35.2 Å². The normalized spacial score (nSPS) is 31.4. The Morgan fingerprint density at radius 3 is 2.58 bits per heavy atom. The summed E-state index contributed by atoms with van der Waals surface area (Å²) in [5.74, 6) is -1.78. The molecule has 6 rings (SSSR count). The van der Waals surface area contributed by atoms with Crippen molar-refractivity contribution < 1.29 is 14.4 Å². The summed E-state index contributed by atoms with van der Waals surface area (Å²) in [6.45, 7) is 6.67. The molecule has 6 nitrogen and oxygen atoms in total. The minimum absolute atomic E-state index is 0.0891. The van der Waals surface area contributed by atoms with Gasteiger partial charge in [-0.2, -0.15) is 0 Å². The van der Waals surface area contributed by atoms with Gasteiger partial charge in [0.2, 0.25) is 17.7 Å². The number of nitrogens with one attached hydrogen (secondary N) is 1. The highest BCUT2D eigenvalue weighted by Gasteiger charge is 2.74. The molecule has 3 saturated heterocycles. The van der Waals surface area contributed by atoms with Crippen LogP contribution >= 0.6 is 0 Å². The number of hydrogen-bond acceptors (Lipinski definition) is 4. The Morgan fingerprint density at radius 2 is 1.81 bits per heavy atom. The number of rotatable bonds is 1. The number of nitrogens with zero attached hydrogens (tertiary/aromatic N) is 2. The van der Waals surface area contributed by atoms with Crippen LogP contribution in [0.3, 0.4) is 0 Å². The van der Waals surface area contributed by atoms with Crippen molar-refractivity contribution in [1.29, 1.82) is 0 Å². The fourth-order valence-corrected chi connectivity index (χ4v) is 6.68. The number of anilines is 2. The molecule has 0 saturated carbocycles. The predicted molar refractivity (Wildman–Crippen MR) is 117 cm³/mol. The van der Waals surface area contributed by atoms with E-state index >= 15 is 0 Å². The van der Waals surface area contributed by atoms with Gasteiger partial charge in [-0.25, -0.2) is 4.90 Å². The summed E-state index contributed by atoms with van der Waals surface area (Å²) in [5.41, 5.74) is 4.19. The van der Waals surface area contributed by atoms with Gasteiger partial charge in [-0.3, -0.25) is 19.3 Å². The van der Waals surface area contributed by atoms with E-state index in [2.05, 4.69) is 10.2 Å². The Morgan fingerprint density at radius 1 is 1.00 bits per heavy atom. The van der Waals surface area contributed by atoms with Gasteiger partial charge in [-0.1, -0.05) is 29.8 Å². The smallest absolute Gasteiger partial charge is 0.250 e. The van der Waals surface area contributed by atoms with Gasteiger partial charge in [0.1, 0.15) is 5.54 Å². The second-order valence-corrected chi connectivity index (χ2v) is 9.48. The molecule has 1 N–H and O–H groups in total. The lowest BCUT2D eigenvalue weighted by Gasteiger charge is -2.36. The zero-order valence-electron chi connectivity index (χ0n) is 17.9. The van der Waals surface area contributed by atoms with E-state index in [1.54, 1.807) is 6.07 Å². The summed E-state index contributed by atoms with van der Waals surface area (Å²) in [4.78, 5) is 44.8. The van der Waals surface area contributed by atoms with Crippen molar-refractivity contribution >= 4 is 29.1 Å². The summed E-state index contributed by atoms with van der Waals surface area (Å²) in [6, 6.07) is 11.5. The van der Waals surface area contributed by atoms with Crippen molar-refractivity contribution in [3.05, 3.63) is 58.7 Å². The van der Waals surface area contributed by atoms with Crippen LogP contribution in [0.1, 0.15) is 35.1 Å². The van der Waals surface area contributed by atoms with Crippen LogP contribution in [0.15, 0.2) is 36.4 Å². The molecule has 3 amide bonds. The highest BCUT2D eigenvalue weighted by molar-refractivity contribution is 6.26. The average Bonchev–Trinajstić information content (AvgIpc) is 3.41. The quantitative estimate of drug-likeness (QED) is 0.727. The second-order valence-electron chi connectivity index (χ2n) is 9.48. The summed E-state index contributed by atoms with van der Waals surface area (Å²) in [5, 5.41) is 3.09. The van der Waals surface area contributed by atoms with Gasteiger partial charge in [-0.05, 0) is 63.4 Å². The highest BCUT2D eigenvalue weighted by Crippen LogP contribution is 2.61. The first-order chi connectivity index (χ1) is 14.9. The highest BCUT2D eigenvalue weighted by atomic mass is 16.2. The van der Waals surface area contributed by atoms with Gasteiger partial charge in [0.25, 0.3) is 0 Å². The molecule has 0 radical (unpaired) electrons. The Labute approximate surface area is 181 Å². The van der Waals surface area contributed by atoms with E-state index in [0.717, 1.165) is 47.3 Å². The number of benzene rings is 2. The third-order valence-corrected chi connectivity index (χ3v) is 7.70. The maximum atomic E-state index is 13.9. The molecule has 4 aliphatic rings. The number of aryl methyl sites for hydroxylation is 3. The molecule has 4 aliphatic heterocycles. The number of imide groups is 1. The molecule has 4 atom stereocenters. The molecule has 6 heteroatoms. The number of hydrogen-bond donors (Lipinski definition) is 1. The zero-order valence-corrected chi connectivity index (χ0v) is 17.9. The van der Waals surface area contributed by atoms with E-state index in [4.69, 9.17) is 0 Å². The van der Waals surface area contributed by atoms with Crippen molar-refractivity contribution in [3.63, 3.8) is 0 Å². The summed E-state index contributed by atoms with van der Waals surface area (Å²) in [6.07, 6.45) is 1.76. The van der Waals surface area contributed by atoms with E-state index in [0.29, 0.717) is 5.69 Å². The zero-order chi connectivity index (χ0) is 21.7. The third-order valence-electron chi connectivity index (χ3n) is 7.70. The molecular formula is C25H25N3O3. The summed E-state index contributed by atoms with van der Waals surface area (Å²) in [7, 11) is 0. The molecule has 1 spiro atoms. The molecule has 2 aromatic carbocycles. The molecule has 3 fully saturated rings. The standard InChI is InChI=1S/C25H25N3O3/c1-13-6-4-7-16(11-13)28-22(29)19-18-8-5-9-27(18)25(20(19)23(28)30)17-12-14(2)10-15(3)21(17)26-24(25)31/h4,6-7,10-12,18-20H,5,8-9H2,1-3H3,(H,26,31). The first kappa shape index (κ1) is 18.8. The molecule has 0 aliphatic carbocycles. The van der Waals surface area contributed by atoms with E-state index in [1.165, 1.54) is 4.90 Å². The van der Waals surface area contributed by atoms with E-state index < -0.39 is 17.4 Å². The summed E-state index contributed by atoms with van der Waals surface area (Å²) >= 11 is 0. The van der Waals surface area contributed by atoms with Crippen molar-refractivity contribution in [2.75, 3.05) is 16.8 Å². The lowest BCUT2D eigenvalue weighted by atomic mass is 9.75. The van der Waals surface area contributed by atoms with Crippen LogP contribution in [0, 0.1) is 32.6 Å². The van der Waals surface area contributed by atoms with Gasteiger partial charge >= 0.3 is 0 Å². The number of fused-ring (bicyclic) bond motifs is 7. The van der Waals surface area contributed by atoms with Crippen molar-refractivity contribution in [1.82, 2.24) is 4.90 Å². The van der Waals surface area contributed by atoms with Gasteiger partial charge in [-0.15, -0.1) is 0 Å². The molecule has 0 bridgehead atoms. The molecule has 158 valence electrons. The van der Waals surface area contributed by atoms with Crippen LogP contribution in [0.4, 0.5) is 11.4 Å². The first-order valence-electron chi connectivity index (χ1n) is 11.0. The number of carbonyl (C=O) groups is 3. The number of carbonyl (C=O) groups excluding carboxylic acids is 3.